The van der Waals surface area contributed by atoms with Crippen molar-refractivity contribution in [3.63, 3.8) is 0 Å². The molecule has 1 aliphatic carbocycles. The predicted molar refractivity (Wildman–Crippen MR) is 168 cm³/mol. The number of aromatic nitrogens is 4. The van der Waals surface area contributed by atoms with Gasteiger partial charge in [-0.2, -0.15) is 15.3 Å². The zero-order valence-corrected chi connectivity index (χ0v) is 26.0. The van der Waals surface area contributed by atoms with Gasteiger partial charge in [0.2, 0.25) is 5.78 Å². The quantitative estimate of drug-likeness (QED) is 0.235. The van der Waals surface area contributed by atoms with Crippen LogP contribution in [-0.4, -0.2) is 42.1 Å². The number of rotatable bonds is 10. The van der Waals surface area contributed by atoms with E-state index in [0.717, 1.165) is 72.9 Å². The molecule has 1 unspecified atom stereocenters. The second-order valence-corrected chi connectivity index (χ2v) is 12.4. The van der Waals surface area contributed by atoms with E-state index in [1.807, 2.05) is 59.3 Å². The van der Waals surface area contributed by atoms with Crippen molar-refractivity contribution in [3.05, 3.63) is 87.1 Å². The van der Waals surface area contributed by atoms with E-state index >= 15 is 0 Å². The van der Waals surface area contributed by atoms with Crippen LogP contribution in [0.3, 0.4) is 0 Å². The Balaban J connectivity index is 1.47. The average molecular weight is 582 g/mol. The van der Waals surface area contributed by atoms with Gasteiger partial charge in [-0.1, -0.05) is 62.7 Å². The van der Waals surface area contributed by atoms with Crippen LogP contribution in [0.2, 0.25) is 0 Å². The van der Waals surface area contributed by atoms with Crippen molar-refractivity contribution < 1.29 is 9.84 Å². The molecule has 8 heteroatoms. The molecule has 2 heterocycles. The molecule has 0 spiro atoms. The van der Waals surface area contributed by atoms with Gasteiger partial charge in [0, 0.05) is 18.0 Å². The second-order valence-electron chi connectivity index (χ2n) is 12.4. The van der Waals surface area contributed by atoms with Gasteiger partial charge in [-0.15, -0.1) is 0 Å². The molecule has 43 heavy (non-hydrogen) atoms. The molecule has 8 nitrogen and oxygen atoms in total. The van der Waals surface area contributed by atoms with Crippen LogP contribution in [0, 0.1) is 18.3 Å². The molecule has 1 saturated carbocycles. The van der Waals surface area contributed by atoms with E-state index in [4.69, 9.17) is 14.8 Å². The Morgan fingerprint density at radius 3 is 2.42 bits per heavy atom. The van der Waals surface area contributed by atoms with Gasteiger partial charge in [-0.3, -0.25) is 9.36 Å². The topological polar surface area (TPSA) is 105 Å². The maximum atomic E-state index is 14.4. The summed E-state index contributed by atoms with van der Waals surface area (Å²) in [6.07, 6.45) is 5.93. The lowest BCUT2D eigenvalue weighted by molar-refractivity contribution is -0.128. The van der Waals surface area contributed by atoms with Crippen LogP contribution in [0.4, 0.5) is 0 Å². The Hall–Kier alpha value is -3.80. The minimum atomic E-state index is -0.894. The summed E-state index contributed by atoms with van der Waals surface area (Å²) in [5.41, 5.74) is 4.35. The molecule has 1 N–H and O–H groups in total. The molecule has 2 aromatic heterocycles. The van der Waals surface area contributed by atoms with Crippen LogP contribution in [0.5, 0.6) is 0 Å². The number of nitriles is 1. The number of hydrogen-bond acceptors (Lipinski definition) is 6. The zero-order chi connectivity index (χ0) is 30.7. The molecule has 226 valence electrons. The van der Waals surface area contributed by atoms with Crippen molar-refractivity contribution in [2.24, 2.45) is 0 Å². The Morgan fingerprint density at radius 2 is 1.79 bits per heavy atom. The summed E-state index contributed by atoms with van der Waals surface area (Å²) in [6, 6.07) is 18.0. The molecular weight excluding hydrogens is 538 g/mol. The van der Waals surface area contributed by atoms with Gasteiger partial charge in [0.05, 0.1) is 35.1 Å². The molecule has 1 fully saturated rings. The summed E-state index contributed by atoms with van der Waals surface area (Å²) in [4.78, 5) is 19.1. The van der Waals surface area contributed by atoms with Gasteiger partial charge >= 0.3 is 0 Å². The summed E-state index contributed by atoms with van der Waals surface area (Å²) < 4.78 is 10.1. The van der Waals surface area contributed by atoms with Gasteiger partial charge in [0.1, 0.15) is 5.82 Å². The third-order valence-electron chi connectivity index (χ3n) is 8.70. The predicted octanol–water partition coefficient (Wildman–Crippen LogP) is 6.33. The van der Waals surface area contributed by atoms with Crippen LogP contribution in [0.25, 0.3) is 16.9 Å². The highest BCUT2D eigenvalue weighted by Crippen LogP contribution is 2.33. The highest BCUT2D eigenvalue weighted by atomic mass is 16.5. The first-order chi connectivity index (χ1) is 20.6. The Bertz CT molecular complexity index is 1670. The first-order valence-electron chi connectivity index (χ1n) is 15.6. The van der Waals surface area contributed by atoms with Crippen molar-refractivity contribution >= 4 is 5.78 Å². The fourth-order valence-electron chi connectivity index (χ4n) is 6.50. The Kier molecular flexibility index (Phi) is 9.14. The number of aryl methyl sites for hydroxylation is 2. The van der Waals surface area contributed by atoms with Crippen LogP contribution in [0.15, 0.2) is 53.3 Å². The molecule has 1 aliphatic rings. The van der Waals surface area contributed by atoms with E-state index in [1.54, 1.807) is 13.8 Å². The third-order valence-corrected chi connectivity index (χ3v) is 8.70. The molecule has 0 aliphatic heterocycles. The maximum absolute atomic E-state index is 14.4. The fraction of sp³-hybridized carbons (Fsp3) is 0.486. The van der Waals surface area contributed by atoms with E-state index in [-0.39, 0.29) is 23.8 Å². The second kappa shape index (κ2) is 12.8. The fourth-order valence-corrected chi connectivity index (χ4v) is 6.50. The standard InChI is InChI=1S/C35H43N5O3/c1-6-10-31-30(21-24-13-15-25(16-14-24)29-12-9-8-11-26(29)22-36)33(41)39(34-37-23(3)38-40(31)34)27-17-19-28(20-18-27)43-32(7-2)35(4,5)42/h8-9,11-16,27-28,32,42H,6-7,10,17-21H2,1-5H3. The van der Waals surface area contributed by atoms with Gasteiger partial charge < -0.3 is 9.84 Å². The molecule has 1 atom stereocenters. The highest BCUT2D eigenvalue weighted by Gasteiger charge is 2.33. The molecule has 2 aromatic carbocycles. The summed E-state index contributed by atoms with van der Waals surface area (Å²) in [7, 11) is 0. The Morgan fingerprint density at radius 1 is 1.09 bits per heavy atom. The highest BCUT2D eigenvalue weighted by molar-refractivity contribution is 5.70. The number of benzene rings is 2. The van der Waals surface area contributed by atoms with Gasteiger partial charge in [-0.05, 0) is 82.1 Å². The third kappa shape index (κ3) is 6.43. The van der Waals surface area contributed by atoms with Crippen molar-refractivity contribution in [3.8, 4) is 17.2 Å². The van der Waals surface area contributed by atoms with Crippen LogP contribution < -0.4 is 5.56 Å². The number of fused-ring (bicyclic) bond motifs is 1. The van der Waals surface area contributed by atoms with Crippen LogP contribution in [0.1, 0.15) is 100 Å². The SMILES string of the molecule is CCCc1c(Cc2ccc(-c3ccccc3C#N)cc2)c(=O)n(C2CCC(OC(CC)C(C)(C)O)CC2)c2nc(C)nn12. The molecule has 0 bridgehead atoms. The smallest absolute Gasteiger partial charge is 0.259 e. The van der Waals surface area contributed by atoms with E-state index in [1.165, 1.54) is 0 Å². The normalized spacial score (nSPS) is 18.1. The number of ether oxygens (including phenoxy) is 1. The van der Waals surface area contributed by atoms with E-state index in [9.17, 15) is 15.2 Å². The van der Waals surface area contributed by atoms with Gasteiger partial charge in [-0.25, -0.2) is 4.52 Å². The minimum Gasteiger partial charge on any atom is -0.388 e. The Labute approximate surface area is 254 Å². The van der Waals surface area contributed by atoms with Crippen molar-refractivity contribution in [1.29, 1.82) is 5.26 Å². The molecule has 5 rings (SSSR count). The maximum Gasteiger partial charge on any atom is 0.259 e. The minimum absolute atomic E-state index is 0.0000471. The zero-order valence-electron chi connectivity index (χ0n) is 26.0. The summed E-state index contributed by atoms with van der Waals surface area (Å²) in [5, 5.41) is 24.8. The summed E-state index contributed by atoms with van der Waals surface area (Å²) >= 11 is 0. The number of hydrogen-bond donors (Lipinski definition) is 1. The number of aliphatic hydroxyl groups is 1. The monoisotopic (exact) mass is 581 g/mol. The average Bonchev–Trinajstić information content (AvgIpc) is 3.38. The van der Waals surface area contributed by atoms with Crippen molar-refractivity contribution in [2.45, 2.75) is 110 Å². The molecular formula is C35H43N5O3. The molecule has 0 amide bonds. The van der Waals surface area contributed by atoms with Crippen molar-refractivity contribution in [1.82, 2.24) is 19.2 Å². The molecule has 0 radical (unpaired) electrons. The van der Waals surface area contributed by atoms with Crippen molar-refractivity contribution in [2.75, 3.05) is 0 Å². The summed E-state index contributed by atoms with van der Waals surface area (Å²) in [6.45, 7) is 9.63. The largest absolute Gasteiger partial charge is 0.388 e. The van der Waals surface area contributed by atoms with E-state index < -0.39 is 5.60 Å². The lowest BCUT2D eigenvalue weighted by Crippen LogP contribution is -2.41. The first kappa shape index (κ1) is 30.7. The van der Waals surface area contributed by atoms with E-state index in [2.05, 4.69) is 25.1 Å². The molecule has 4 aromatic rings. The van der Waals surface area contributed by atoms with E-state index in [0.29, 0.717) is 23.6 Å². The van der Waals surface area contributed by atoms with Crippen LogP contribution >= 0.6 is 0 Å². The van der Waals surface area contributed by atoms with Gasteiger partial charge in [0.15, 0.2) is 0 Å². The lowest BCUT2D eigenvalue weighted by atomic mass is 9.91. The van der Waals surface area contributed by atoms with Crippen LogP contribution in [-0.2, 0) is 17.6 Å². The first-order valence-corrected chi connectivity index (χ1v) is 15.6. The van der Waals surface area contributed by atoms with Gasteiger partial charge in [0.25, 0.3) is 5.56 Å². The summed E-state index contributed by atoms with van der Waals surface area (Å²) in [5.74, 6) is 1.27. The lowest BCUT2D eigenvalue weighted by Gasteiger charge is -2.36. The number of nitrogens with zero attached hydrogens (tertiary/aromatic N) is 5. The molecule has 0 saturated heterocycles.